The van der Waals surface area contributed by atoms with Gasteiger partial charge in [-0.05, 0) is 121 Å². The van der Waals surface area contributed by atoms with Gasteiger partial charge in [0.05, 0.1) is 22.9 Å². The number of rotatable bonds is 13. The predicted octanol–water partition coefficient (Wildman–Crippen LogP) is 12.6. The van der Waals surface area contributed by atoms with Crippen molar-refractivity contribution < 1.29 is 4.74 Å². The monoisotopic (exact) mass is 688 g/mol. The first-order valence-electron chi connectivity index (χ1n) is 19.2. The summed E-state index contributed by atoms with van der Waals surface area (Å²) in [6, 6.07) is 29.9. The second-order valence-electron chi connectivity index (χ2n) is 14.9. The maximum Gasteiger partial charge on any atom is 0.137 e. The van der Waals surface area contributed by atoms with E-state index in [0.29, 0.717) is 11.8 Å². The van der Waals surface area contributed by atoms with Crippen molar-refractivity contribution in [2.45, 2.75) is 87.0 Å². The molecule has 52 heavy (non-hydrogen) atoms. The highest BCUT2D eigenvalue weighted by molar-refractivity contribution is 6.09. The Morgan fingerprint density at radius 1 is 0.712 bits per heavy atom. The fourth-order valence-electron chi connectivity index (χ4n) is 7.64. The normalized spacial score (nSPS) is 12.8. The molecule has 0 N–H and O–H groups in total. The topological polar surface area (TPSA) is 44.9 Å². The molecule has 5 nitrogen and oxygen atoms in total. The third kappa shape index (κ3) is 7.01. The van der Waals surface area contributed by atoms with Gasteiger partial charge in [-0.1, -0.05) is 84.2 Å². The van der Waals surface area contributed by atoms with E-state index in [0.717, 1.165) is 72.6 Å². The molecule has 0 aliphatic rings. The quantitative estimate of drug-likeness (QED) is 0.121. The number of nitrogens with zero attached hydrogens (tertiary/aromatic N) is 4. The second kappa shape index (κ2) is 15.2. The zero-order valence-electron chi connectivity index (χ0n) is 31.9. The summed E-state index contributed by atoms with van der Waals surface area (Å²) in [5.74, 6) is 3.70. The number of ether oxygens (including phenoxy) is 1. The first-order valence-corrected chi connectivity index (χ1v) is 19.2. The van der Waals surface area contributed by atoms with E-state index >= 15 is 0 Å². The van der Waals surface area contributed by atoms with Crippen LogP contribution >= 0.6 is 0 Å². The summed E-state index contributed by atoms with van der Waals surface area (Å²) < 4.78 is 10.9. The van der Waals surface area contributed by atoms with Crippen LogP contribution in [0.15, 0.2) is 104 Å². The zero-order chi connectivity index (χ0) is 36.4. The molecule has 3 heterocycles. The van der Waals surface area contributed by atoms with E-state index in [-0.39, 0.29) is 0 Å². The van der Waals surface area contributed by atoms with Crippen LogP contribution in [0.5, 0.6) is 11.5 Å². The van der Waals surface area contributed by atoms with E-state index in [1.165, 1.54) is 49.7 Å². The van der Waals surface area contributed by atoms with Gasteiger partial charge in [-0.3, -0.25) is 4.57 Å². The number of aryl methyl sites for hydroxylation is 3. The van der Waals surface area contributed by atoms with Crippen molar-refractivity contribution in [2.75, 3.05) is 0 Å². The molecule has 7 rings (SSSR count). The Bertz CT molecular complexity index is 2310. The number of pyridine rings is 1. The van der Waals surface area contributed by atoms with Gasteiger partial charge in [0, 0.05) is 40.9 Å². The molecule has 0 aliphatic carbocycles. The molecule has 0 aliphatic heterocycles. The predicted molar refractivity (Wildman–Crippen MR) is 217 cm³/mol. The Hall–Kier alpha value is -5.16. The largest absolute Gasteiger partial charge is 0.457 e. The van der Waals surface area contributed by atoms with Crippen LogP contribution in [-0.2, 0) is 19.3 Å². The van der Waals surface area contributed by atoms with Crippen molar-refractivity contribution in [1.82, 2.24) is 19.3 Å². The van der Waals surface area contributed by atoms with Crippen LogP contribution in [0.1, 0.15) is 81.7 Å². The van der Waals surface area contributed by atoms with Gasteiger partial charge in [0.2, 0.25) is 0 Å². The van der Waals surface area contributed by atoms with E-state index in [4.69, 9.17) is 14.8 Å². The summed E-state index contributed by atoms with van der Waals surface area (Å²) >= 11 is 0. The summed E-state index contributed by atoms with van der Waals surface area (Å²) in [4.78, 5) is 4.82. The number of aromatic nitrogens is 4. The maximum atomic E-state index is 6.60. The standard InChI is InChI=1S/C47H52N4O/c1-8-14-35-21-22-48-46(26-35)51-44-18-12-11-17-40(44)41-20-19-39(28-45(41)51)52-38-16-13-15-37(27-38)50-30-36(29-49-50)47-42(23-31(4)9-2)33(6)25-34(7)43(47)24-32(5)10-3/h11-13,15-22,25-32H,8-10,14,23-24H2,1-7H3. The lowest BCUT2D eigenvalue weighted by Crippen LogP contribution is -2.09. The molecule has 5 heteroatoms. The molecule has 0 saturated carbocycles. The van der Waals surface area contributed by atoms with Crippen LogP contribution < -0.4 is 4.74 Å². The first-order chi connectivity index (χ1) is 25.3. The number of fused-ring (bicyclic) bond motifs is 3. The minimum absolute atomic E-state index is 0.614. The van der Waals surface area contributed by atoms with Gasteiger partial charge >= 0.3 is 0 Å². The molecule has 3 aromatic heterocycles. The van der Waals surface area contributed by atoms with Crippen molar-refractivity contribution in [1.29, 1.82) is 0 Å². The second-order valence-corrected chi connectivity index (χ2v) is 14.9. The average Bonchev–Trinajstić information content (AvgIpc) is 3.77. The Morgan fingerprint density at radius 3 is 2.15 bits per heavy atom. The van der Waals surface area contributed by atoms with Crippen LogP contribution in [0.3, 0.4) is 0 Å². The van der Waals surface area contributed by atoms with Gasteiger partial charge < -0.3 is 4.74 Å². The summed E-state index contributed by atoms with van der Waals surface area (Å²) in [5, 5.41) is 7.31. The zero-order valence-corrected chi connectivity index (χ0v) is 31.9. The lowest BCUT2D eigenvalue weighted by atomic mass is 9.82. The molecule has 266 valence electrons. The van der Waals surface area contributed by atoms with Crippen molar-refractivity contribution in [3.63, 3.8) is 0 Å². The molecule has 0 bridgehead atoms. The van der Waals surface area contributed by atoms with E-state index in [2.05, 4.69) is 138 Å². The van der Waals surface area contributed by atoms with Crippen LogP contribution in [0, 0.1) is 25.7 Å². The van der Waals surface area contributed by atoms with Gasteiger partial charge in [0.15, 0.2) is 0 Å². The third-order valence-electron chi connectivity index (χ3n) is 10.9. The highest BCUT2D eigenvalue weighted by atomic mass is 16.5. The van der Waals surface area contributed by atoms with Gasteiger partial charge in [-0.15, -0.1) is 0 Å². The lowest BCUT2D eigenvalue weighted by Gasteiger charge is -2.23. The molecule has 0 amide bonds. The minimum Gasteiger partial charge on any atom is -0.457 e. The molecule has 0 fully saturated rings. The number of benzene rings is 4. The van der Waals surface area contributed by atoms with E-state index in [1.807, 2.05) is 23.0 Å². The highest BCUT2D eigenvalue weighted by Crippen LogP contribution is 2.38. The SMILES string of the molecule is CCCc1ccnc(-n2c3ccccc3c3ccc(Oc4cccc(-n5cc(-c6c(CC(C)CC)c(C)cc(C)c6CC(C)CC)cn5)c4)cc32)c1. The fraction of sp³-hybridized carbons (Fsp3) is 0.319. The highest BCUT2D eigenvalue weighted by Gasteiger charge is 2.21. The van der Waals surface area contributed by atoms with Crippen molar-refractivity contribution in [3.05, 3.63) is 131 Å². The Kier molecular flexibility index (Phi) is 10.3. The van der Waals surface area contributed by atoms with E-state index in [1.54, 1.807) is 0 Å². The Labute approximate surface area is 309 Å². The molecular formula is C47H52N4O. The lowest BCUT2D eigenvalue weighted by molar-refractivity contribution is 0.483. The van der Waals surface area contributed by atoms with Crippen molar-refractivity contribution in [2.24, 2.45) is 11.8 Å². The van der Waals surface area contributed by atoms with Gasteiger partial charge in [0.1, 0.15) is 17.3 Å². The molecule has 2 atom stereocenters. The van der Waals surface area contributed by atoms with E-state index in [9.17, 15) is 0 Å². The van der Waals surface area contributed by atoms with Gasteiger partial charge in [-0.25, -0.2) is 9.67 Å². The van der Waals surface area contributed by atoms with Crippen LogP contribution in [0.25, 0.3) is 44.4 Å². The average molecular weight is 689 g/mol. The van der Waals surface area contributed by atoms with Crippen LogP contribution in [0.2, 0.25) is 0 Å². The molecule has 2 unspecified atom stereocenters. The minimum atomic E-state index is 0.614. The molecule has 0 radical (unpaired) electrons. The molecule has 0 spiro atoms. The summed E-state index contributed by atoms with van der Waals surface area (Å²) in [6.45, 7) is 16.1. The number of hydrogen-bond acceptors (Lipinski definition) is 3. The van der Waals surface area contributed by atoms with Crippen molar-refractivity contribution in [3.8, 4) is 34.1 Å². The van der Waals surface area contributed by atoms with E-state index < -0.39 is 0 Å². The summed E-state index contributed by atoms with van der Waals surface area (Å²) in [5.41, 5.74) is 12.7. The fourth-order valence-corrected chi connectivity index (χ4v) is 7.64. The molecule has 7 aromatic rings. The van der Waals surface area contributed by atoms with Crippen LogP contribution in [-0.4, -0.2) is 19.3 Å². The first kappa shape index (κ1) is 35.3. The van der Waals surface area contributed by atoms with Crippen molar-refractivity contribution >= 4 is 21.8 Å². The Morgan fingerprint density at radius 2 is 1.42 bits per heavy atom. The Balaban J connectivity index is 1.24. The summed E-state index contributed by atoms with van der Waals surface area (Å²) in [7, 11) is 0. The van der Waals surface area contributed by atoms with Crippen LogP contribution in [0.4, 0.5) is 0 Å². The third-order valence-corrected chi connectivity index (χ3v) is 10.9. The number of hydrogen-bond donors (Lipinski definition) is 0. The van der Waals surface area contributed by atoms with Gasteiger partial charge in [0.25, 0.3) is 0 Å². The smallest absolute Gasteiger partial charge is 0.137 e. The summed E-state index contributed by atoms with van der Waals surface area (Å²) in [6.07, 6.45) is 12.8. The molecular weight excluding hydrogens is 637 g/mol. The molecule has 4 aromatic carbocycles. The van der Waals surface area contributed by atoms with Gasteiger partial charge in [-0.2, -0.15) is 5.10 Å². The number of para-hydroxylation sites is 1. The maximum absolute atomic E-state index is 6.60. The molecule has 0 saturated heterocycles.